The van der Waals surface area contributed by atoms with E-state index in [9.17, 15) is 4.79 Å². The molecule has 1 atom stereocenters. The van der Waals surface area contributed by atoms with Gasteiger partial charge in [0.2, 0.25) is 6.41 Å². The van der Waals surface area contributed by atoms with Gasteiger partial charge in [0.05, 0.1) is 14.1 Å². The molecule has 1 aliphatic heterocycles. The number of hydrogen-bond donors (Lipinski definition) is 2. The first-order chi connectivity index (χ1) is 13.6. The van der Waals surface area contributed by atoms with Gasteiger partial charge < -0.3 is 16.0 Å². The first-order valence-corrected chi connectivity index (χ1v) is 9.30. The summed E-state index contributed by atoms with van der Waals surface area (Å²) in [6.45, 7) is 0.932. The molecule has 0 bridgehead atoms. The minimum atomic E-state index is 0.0623. The molecule has 1 saturated heterocycles. The second-order valence-electron chi connectivity index (χ2n) is 7.02. The third-order valence-corrected chi connectivity index (χ3v) is 5.27. The number of fused-ring (bicyclic) bond motifs is 1. The van der Waals surface area contributed by atoms with E-state index in [4.69, 9.17) is 5.73 Å². The average molecular weight is 378 g/mol. The van der Waals surface area contributed by atoms with E-state index in [1.54, 1.807) is 0 Å². The molecular formula is C20H24N7O+. The summed E-state index contributed by atoms with van der Waals surface area (Å²) in [6.07, 6.45) is 2.85. The lowest BCUT2D eigenvalue weighted by molar-refractivity contribution is -0.632. The number of nitrogens with zero attached hydrogens (tertiary/aromatic N) is 5. The van der Waals surface area contributed by atoms with E-state index in [0.717, 1.165) is 59.8 Å². The number of anilines is 2. The molecule has 0 spiro atoms. The molecule has 2 heterocycles. The molecule has 1 unspecified atom stereocenters. The van der Waals surface area contributed by atoms with Crippen LogP contribution in [0, 0.1) is 0 Å². The van der Waals surface area contributed by atoms with Crippen LogP contribution in [0.15, 0.2) is 52.7 Å². The Morgan fingerprint density at radius 1 is 1.21 bits per heavy atom. The average Bonchev–Trinajstić information content (AvgIpc) is 3.25. The summed E-state index contributed by atoms with van der Waals surface area (Å²) < 4.78 is 3.97. The van der Waals surface area contributed by atoms with E-state index in [0.29, 0.717) is 0 Å². The fraction of sp³-hybridized carbons (Fsp3) is 0.300. The minimum Gasteiger partial charge on any atom is -0.399 e. The molecule has 8 nitrogen and oxygen atoms in total. The Kier molecular flexibility index (Phi) is 4.68. The highest BCUT2D eigenvalue weighted by Gasteiger charge is 2.24. The van der Waals surface area contributed by atoms with Gasteiger partial charge in [0.25, 0.3) is 0 Å². The third-order valence-electron chi connectivity index (χ3n) is 5.27. The zero-order chi connectivity index (χ0) is 19.7. The Bertz CT molecular complexity index is 1040. The van der Waals surface area contributed by atoms with Crippen molar-refractivity contribution in [3.05, 3.63) is 42.5 Å². The highest BCUT2D eigenvalue weighted by molar-refractivity contribution is 5.77. The highest BCUT2D eigenvalue weighted by atomic mass is 16.1. The summed E-state index contributed by atoms with van der Waals surface area (Å²) in [6, 6.07) is 13.7. The van der Waals surface area contributed by atoms with Crippen molar-refractivity contribution < 1.29 is 9.36 Å². The fourth-order valence-electron chi connectivity index (χ4n) is 3.81. The molecular weight excluding hydrogens is 354 g/mol. The highest BCUT2D eigenvalue weighted by Crippen LogP contribution is 2.27. The number of nitrogens with two attached hydrogens (primary N) is 1. The Morgan fingerprint density at radius 2 is 2.00 bits per heavy atom. The van der Waals surface area contributed by atoms with Crippen molar-refractivity contribution in [2.75, 3.05) is 17.2 Å². The van der Waals surface area contributed by atoms with Crippen LogP contribution in [0.3, 0.4) is 0 Å². The van der Waals surface area contributed by atoms with Gasteiger partial charge in [-0.15, -0.1) is 0 Å². The van der Waals surface area contributed by atoms with Crippen molar-refractivity contribution >= 4 is 40.5 Å². The number of aryl methyl sites for hydroxylation is 2. The third kappa shape index (κ3) is 3.17. The maximum absolute atomic E-state index is 10.8. The first kappa shape index (κ1) is 18.0. The molecule has 3 aromatic rings. The second kappa shape index (κ2) is 7.30. The van der Waals surface area contributed by atoms with E-state index in [1.807, 2.05) is 65.7 Å². The molecule has 0 aliphatic carbocycles. The lowest BCUT2D eigenvalue weighted by atomic mass is 10.2. The van der Waals surface area contributed by atoms with Crippen molar-refractivity contribution in [2.24, 2.45) is 24.3 Å². The molecule has 1 aromatic heterocycles. The monoisotopic (exact) mass is 378 g/mol. The number of imidazole rings is 1. The number of carbonyl (C=O) groups is 1. The second-order valence-corrected chi connectivity index (χ2v) is 7.02. The van der Waals surface area contributed by atoms with Crippen molar-refractivity contribution in [1.82, 2.24) is 9.88 Å². The van der Waals surface area contributed by atoms with Crippen LogP contribution >= 0.6 is 0 Å². The van der Waals surface area contributed by atoms with Gasteiger partial charge >= 0.3 is 5.95 Å². The minimum absolute atomic E-state index is 0.0623. The maximum atomic E-state index is 10.8. The zero-order valence-corrected chi connectivity index (χ0v) is 16.0. The summed E-state index contributed by atoms with van der Waals surface area (Å²) in [4.78, 5) is 13.0. The summed E-state index contributed by atoms with van der Waals surface area (Å²) in [7, 11) is 3.91. The van der Waals surface area contributed by atoms with Crippen LogP contribution in [-0.4, -0.2) is 23.7 Å². The van der Waals surface area contributed by atoms with E-state index in [2.05, 4.69) is 20.4 Å². The molecule has 3 N–H and O–H groups in total. The van der Waals surface area contributed by atoms with Crippen LogP contribution in [0.25, 0.3) is 11.0 Å². The van der Waals surface area contributed by atoms with Crippen LogP contribution in [0.5, 0.6) is 0 Å². The smallest absolute Gasteiger partial charge is 0.399 e. The van der Waals surface area contributed by atoms with Crippen LogP contribution < -0.4 is 20.5 Å². The number of nitrogens with one attached hydrogen (secondary N) is 1. The number of aromatic nitrogens is 2. The zero-order valence-electron chi connectivity index (χ0n) is 16.0. The maximum Gasteiger partial charge on any atom is 0.422 e. The molecule has 1 fully saturated rings. The summed E-state index contributed by atoms with van der Waals surface area (Å²) in [5, 5.41) is 11.7. The van der Waals surface area contributed by atoms with Crippen molar-refractivity contribution in [3.8, 4) is 0 Å². The quantitative estimate of drug-likeness (QED) is 0.309. The van der Waals surface area contributed by atoms with Gasteiger partial charge in [-0.05, 0) is 49.2 Å². The fourth-order valence-corrected chi connectivity index (χ4v) is 3.81. The topological polar surface area (TPSA) is 91.9 Å². The summed E-state index contributed by atoms with van der Waals surface area (Å²) in [5.41, 5.74) is 10.5. The normalized spacial score (nSPS) is 16.9. The van der Waals surface area contributed by atoms with Crippen molar-refractivity contribution in [2.45, 2.75) is 19.0 Å². The predicted octanol–water partition coefficient (Wildman–Crippen LogP) is 2.67. The molecule has 4 rings (SSSR count). The SMILES string of the molecule is Cn1c(N=Nc2ccc(N3CCCC3NC=O)cc2)[n+](C)c2ccc(N)cc21. The molecule has 0 radical (unpaired) electrons. The molecule has 1 aliphatic rings. The molecule has 0 saturated carbocycles. The van der Waals surface area contributed by atoms with Gasteiger partial charge in [0, 0.05) is 29.1 Å². The van der Waals surface area contributed by atoms with E-state index in [1.165, 1.54) is 0 Å². The predicted molar refractivity (Wildman–Crippen MR) is 109 cm³/mol. The molecule has 144 valence electrons. The lowest BCUT2D eigenvalue weighted by Gasteiger charge is -2.26. The number of benzene rings is 2. The van der Waals surface area contributed by atoms with Gasteiger partial charge in [-0.3, -0.25) is 4.79 Å². The summed E-state index contributed by atoms with van der Waals surface area (Å²) in [5.74, 6) is 0.736. The van der Waals surface area contributed by atoms with Crippen LogP contribution in [0.1, 0.15) is 12.8 Å². The van der Waals surface area contributed by atoms with E-state index >= 15 is 0 Å². The first-order valence-electron chi connectivity index (χ1n) is 9.30. The lowest BCUT2D eigenvalue weighted by Crippen LogP contribution is -2.40. The van der Waals surface area contributed by atoms with Crippen LogP contribution in [0.2, 0.25) is 0 Å². The van der Waals surface area contributed by atoms with E-state index in [-0.39, 0.29) is 6.17 Å². The van der Waals surface area contributed by atoms with Crippen molar-refractivity contribution in [1.29, 1.82) is 0 Å². The Labute approximate surface area is 163 Å². The molecule has 8 heteroatoms. The summed E-state index contributed by atoms with van der Waals surface area (Å²) >= 11 is 0. The van der Waals surface area contributed by atoms with Crippen LogP contribution in [0.4, 0.5) is 23.0 Å². The Balaban J connectivity index is 1.57. The number of hydrogen-bond acceptors (Lipinski definition) is 5. The molecule has 1 amide bonds. The number of amides is 1. The standard InChI is InChI=1S/C20H23N7O/c1-25-17-10-5-14(21)12-18(17)26(2)20(25)24-23-15-6-8-16(9-7-15)27-11-3-4-19(27)22-13-28/h5-10,12-13,19H,3-4,11H2,1-2H3,(H2-,21,22,23,28)/p+1. The Hall–Kier alpha value is -3.42. The molecule has 2 aromatic carbocycles. The Morgan fingerprint density at radius 3 is 2.75 bits per heavy atom. The van der Waals surface area contributed by atoms with Crippen LogP contribution in [-0.2, 0) is 18.9 Å². The number of rotatable bonds is 5. The number of azo groups is 1. The largest absolute Gasteiger partial charge is 0.422 e. The van der Waals surface area contributed by atoms with Gasteiger partial charge in [-0.1, -0.05) is 5.11 Å². The van der Waals surface area contributed by atoms with Gasteiger partial charge in [0.15, 0.2) is 0 Å². The number of nitrogen functional groups attached to an aromatic ring is 1. The van der Waals surface area contributed by atoms with Gasteiger partial charge in [0.1, 0.15) is 22.9 Å². The van der Waals surface area contributed by atoms with Gasteiger partial charge in [-0.25, -0.2) is 9.13 Å². The van der Waals surface area contributed by atoms with Gasteiger partial charge in [-0.2, -0.15) is 0 Å². The number of carbonyl (C=O) groups excluding carboxylic acids is 1. The van der Waals surface area contributed by atoms with Crippen molar-refractivity contribution in [3.63, 3.8) is 0 Å². The van der Waals surface area contributed by atoms with E-state index < -0.39 is 0 Å². The molecule has 28 heavy (non-hydrogen) atoms.